The van der Waals surface area contributed by atoms with Gasteiger partial charge in [0.05, 0.1) is 6.61 Å². The summed E-state index contributed by atoms with van der Waals surface area (Å²) in [5.74, 6) is 0.601. The van der Waals surface area contributed by atoms with E-state index in [4.69, 9.17) is 4.74 Å². The van der Waals surface area contributed by atoms with Gasteiger partial charge < -0.3 is 4.74 Å². The Morgan fingerprint density at radius 1 is 1.70 bits per heavy atom. The smallest absolute Gasteiger partial charge is 0.214 e. The second kappa shape index (κ2) is 3.56. The number of hydrogen-bond donors (Lipinski definition) is 0. The minimum atomic E-state index is 0.406. The van der Waals surface area contributed by atoms with Gasteiger partial charge >= 0.3 is 0 Å². The molecule has 0 aliphatic heterocycles. The zero-order chi connectivity index (χ0) is 7.40. The number of rotatable bonds is 2. The average Bonchev–Trinajstić information content (AvgIpc) is 1.88. The number of pyridine rings is 1. The molecule has 0 saturated heterocycles. The van der Waals surface area contributed by atoms with Crippen molar-refractivity contribution in [3.63, 3.8) is 0 Å². The van der Waals surface area contributed by atoms with E-state index in [0.29, 0.717) is 12.5 Å². The first kappa shape index (κ1) is 7.54. The monoisotopic (exact) mass is 200 g/mol. The van der Waals surface area contributed by atoms with Crippen molar-refractivity contribution in [2.24, 2.45) is 0 Å². The van der Waals surface area contributed by atoms with Gasteiger partial charge in [0.1, 0.15) is 0 Å². The van der Waals surface area contributed by atoms with Crippen LogP contribution in [0.2, 0.25) is 0 Å². The lowest BCUT2D eigenvalue weighted by Gasteiger charge is -1.99. The van der Waals surface area contributed by atoms with E-state index < -0.39 is 0 Å². The third-order valence-electron chi connectivity index (χ3n) is 0.947. The van der Waals surface area contributed by atoms with Gasteiger partial charge in [0.25, 0.3) is 0 Å². The molecule has 3 heteroatoms. The minimum Gasteiger partial charge on any atom is -0.478 e. The lowest BCUT2D eigenvalue weighted by molar-refractivity contribution is 0.346. The summed E-state index contributed by atoms with van der Waals surface area (Å²) < 4.78 is 6.00. The lowest BCUT2D eigenvalue weighted by atomic mass is 10.5. The van der Waals surface area contributed by atoms with Gasteiger partial charge in [0, 0.05) is 16.7 Å². The van der Waals surface area contributed by atoms with Gasteiger partial charge in [-0.15, -0.1) is 0 Å². The van der Waals surface area contributed by atoms with E-state index in [0.717, 1.165) is 4.47 Å². The molecule has 0 spiro atoms. The largest absolute Gasteiger partial charge is 0.478 e. The Kier molecular flexibility index (Phi) is 2.68. The quantitative estimate of drug-likeness (QED) is 0.730. The normalized spacial score (nSPS) is 9.40. The maximum Gasteiger partial charge on any atom is 0.214 e. The van der Waals surface area contributed by atoms with Crippen molar-refractivity contribution >= 4 is 15.9 Å². The van der Waals surface area contributed by atoms with Gasteiger partial charge in [-0.25, -0.2) is 4.98 Å². The molecule has 10 heavy (non-hydrogen) atoms. The summed E-state index contributed by atoms with van der Waals surface area (Å²) in [6.07, 6.45) is 1.68. The third-order valence-corrected chi connectivity index (χ3v) is 1.44. The third kappa shape index (κ3) is 1.99. The van der Waals surface area contributed by atoms with E-state index in [1.54, 1.807) is 12.3 Å². The van der Waals surface area contributed by atoms with Gasteiger partial charge in [-0.3, -0.25) is 0 Å². The molecule has 0 atom stereocenters. The highest BCUT2D eigenvalue weighted by Gasteiger charge is 1.92. The molecule has 1 rings (SSSR count). The van der Waals surface area contributed by atoms with E-state index in [1.165, 1.54) is 0 Å². The molecule has 1 aromatic rings. The van der Waals surface area contributed by atoms with Crippen molar-refractivity contribution in [2.45, 2.75) is 0 Å². The maximum atomic E-state index is 5.03. The van der Waals surface area contributed by atoms with E-state index in [-0.39, 0.29) is 0 Å². The highest BCUT2D eigenvalue weighted by Crippen LogP contribution is 2.13. The molecule has 0 bridgehead atoms. The summed E-state index contributed by atoms with van der Waals surface area (Å²) in [7, 11) is 0. The molecular formula is C7H7BrNO. The average molecular weight is 201 g/mol. The molecule has 0 aliphatic carbocycles. The Morgan fingerprint density at radius 2 is 2.50 bits per heavy atom. The van der Waals surface area contributed by atoms with Crippen molar-refractivity contribution in [3.8, 4) is 5.88 Å². The predicted molar refractivity (Wildman–Crippen MR) is 42.8 cm³/mol. The van der Waals surface area contributed by atoms with E-state index >= 15 is 0 Å². The Morgan fingerprint density at radius 3 is 3.10 bits per heavy atom. The van der Waals surface area contributed by atoms with Gasteiger partial charge in [0.15, 0.2) is 0 Å². The van der Waals surface area contributed by atoms with E-state index in [1.807, 2.05) is 6.07 Å². The zero-order valence-electron chi connectivity index (χ0n) is 5.38. The van der Waals surface area contributed by atoms with Crippen molar-refractivity contribution in [1.29, 1.82) is 0 Å². The summed E-state index contributed by atoms with van der Waals surface area (Å²) in [5.41, 5.74) is 0. The van der Waals surface area contributed by atoms with Gasteiger partial charge in [-0.1, -0.05) is 15.9 Å². The molecular weight excluding hydrogens is 194 g/mol. The Bertz CT molecular complexity index is 215. The van der Waals surface area contributed by atoms with E-state index in [2.05, 4.69) is 27.8 Å². The van der Waals surface area contributed by atoms with Crippen LogP contribution in [-0.4, -0.2) is 11.6 Å². The first-order chi connectivity index (χ1) is 4.83. The maximum absolute atomic E-state index is 5.03. The Balaban J connectivity index is 2.75. The number of nitrogens with zero attached hydrogens (tertiary/aromatic N) is 1. The van der Waals surface area contributed by atoms with Gasteiger partial charge in [-0.2, -0.15) is 0 Å². The highest BCUT2D eigenvalue weighted by atomic mass is 79.9. The molecule has 0 aliphatic rings. The second-order valence-corrected chi connectivity index (χ2v) is 2.58. The first-order valence-corrected chi connectivity index (χ1v) is 3.66. The summed E-state index contributed by atoms with van der Waals surface area (Å²) in [6.45, 7) is 3.94. The lowest BCUT2D eigenvalue weighted by Crippen LogP contribution is -1.93. The molecule has 2 nitrogen and oxygen atoms in total. The summed E-state index contributed by atoms with van der Waals surface area (Å²) in [6, 6.07) is 3.64. The SMILES string of the molecule is [CH2]COc1cc(Br)ccn1. The fourth-order valence-corrected chi connectivity index (χ4v) is 0.883. The fourth-order valence-electron chi connectivity index (χ4n) is 0.569. The molecule has 0 fully saturated rings. The van der Waals surface area contributed by atoms with Crippen molar-refractivity contribution < 1.29 is 4.74 Å². The van der Waals surface area contributed by atoms with E-state index in [9.17, 15) is 0 Å². The molecule has 0 amide bonds. The zero-order valence-corrected chi connectivity index (χ0v) is 6.97. The molecule has 0 unspecified atom stereocenters. The molecule has 0 N–H and O–H groups in total. The topological polar surface area (TPSA) is 22.1 Å². The molecule has 0 saturated carbocycles. The van der Waals surface area contributed by atoms with Crippen molar-refractivity contribution in [1.82, 2.24) is 4.98 Å². The number of aromatic nitrogens is 1. The Hall–Kier alpha value is -0.570. The number of ether oxygens (including phenoxy) is 1. The van der Waals surface area contributed by atoms with Crippen LogP contribution in [0.4, 0.5) is 0 Å². The van der Waals surface area contributed by atoms with Crippen molar-refractivity contribution in [2.75, 3.05) is 6.61 Å². The van der Waals surface area contributed by atoms with Crippen molar-refractivity contribution in [3.05, 3.63) is 29.7 Å². The van der Waals surface area contributed by atoms with Crippen LogP contribution in [0.5, 0.6) is 5.88 Å². The van der Waals surface area contributed by atoms with Crippen LogP contribution in [0.1, 0.15) is 0 Å². The van der Waals surface area contributed by atoms with Crippen LogP contribution in [-0.2, 0) is 0 Å². The van der Waals surface area contributed by atoms with Crippen LogP contribution in [0.15, 0.2) is 22.8 Å². The van der Waals surface area contributed by atoms with Crippen LogP contribution in [0, 0.1) is 6.92 Å². The predicted octanol–water partition coefficient (Wildman–Crippen LogP) is 2.06. The summed E-state index contributed by atoms with van der Waals surface area (Å²) >= 11 is 3.29. The van der Waals surface area contributed by atoms with Gasteiger partial charge in [-0.05, 0) is 13.0 Å². The molecule has 53 valence electrons. The Labute approximate surface area is 68.4 Å². The second-order valence-electron chi connectivity index (χ2n) is 1.66. The van der Waals surface area contributed by atoms with Crippen LogP contribution >= 0.6 is 15.9 Å². The van der Waals surface area contributed by atoms with Gasteiger partial charge in [0.2, 0.25) is 5.88 Å². The molecule has 1 radical (unpaired) electrons. The standard InChI is InChI=1S/C7H7BrNO/c1-2-10-7-5-6(8)3-4-9-7/h3-5H,1-2H2. The molecule has 1 heterocycles. The number of hydrogen-bond acceptors (Lipinski definition) is 2. The van der Waals surface area contributed by atoms with Crippen LogP contribution < -0.4 is 4.74 Å². The first-order valence-electron chi connectivity index (χ1n) is 2.86. The highest BCUT2D eigenvalue weighted by molar-refractivity contribution is 9.10. The molecule has 1 aromatic heterocycles. The molecule has 0 aromatic carbocycles. The summed E-state index contributed by atoms with van der Waals surface area (Å²) in [5, 5.41) is 0. The van der Waals surface area contributed by atoms with Crippen LogP contribution in [0.25, 0.3) is 0 Å². The number of halogens is 1. The minimum absolute atomic E-state index is 0.406. The summed E-state index contributed by atoms with van der Waals surface area (Å²) in [4.78, 5) is 3.94. The fraction of sp³-hybridized carbons (Fsp3) is 0.143. The van der Waals surface area contributed by atoms with Crippen LogP contribution in [0.3, 0.4) is 0 Å².